The largest absolute Gasteiger partial charge is 0.375 e. The normalized spacial score (nSPS) is 21.3. The summed E-state index contributed by atoms with van der Waals surface area (Å²) < 4.78 is 6.23. The SMILES string of the molecule is Cc1cc(-c2ncnc3[nH]c(-c4ccc(N5CCN(CC6CCN7c8ccc(N9CCC(=O)NC9=O)cc8COC[C@H]7C6)CC5)nc4)cc23)ccc1CN1CCN(CC(C)C)CC1=O. The van der Waals surface area contributed by atoms with Crippen molar-refractivity contribution in [2.24, 2.45) is 11.8 Å². The van der Waals surface area contributed by atoms with Crippen LogP contribution in [0.5, 0.6) is 0 Å². The average molecular weight is 866 g/mol. The van der Waals surface area contributed by atoms with Gasteiger partial charge >= 0.3 is 6.03 Å². The Morgan fingerprint density at radius 3 is 2.48 bits per heavy atom. The molecule has 0 spiro atoms. The monoisotopic (exact) mass is 865 g/mol. The molecule has 4 fully saturated rings. The van der Waals surface area contributed by atoms with Crippen molar-refractivity contribution < 1.29 is 19.1 Å². The zero-order valence-electron chi connectivity index (χ0n) is 37.3. The van der Waals surface area contributed by atoms with Crippen LogP contribution in [0.4, 0.5) is 22.0 Å². The van der Waals surface area contributed by atoms with Gasteiger partial charge in [-0.15, -0.1) is 0 Å². The van der Waals surface area contributed by atoms with Gasteiger partial charge in [-0.25, -0.2) is 19.7 Å². The molecule has 64 heavy (non-hydrogen) atoms. The van der Waals surface area contributed by atoms with Crippen molar-refractivity contribution in [3.63, 3.8) is 0 Å². The number of rotatable bonds is 10. The minimum absolute atomic E-state index is 0.200. The number of imide groups is 1. The van der Waals surface area contributed by atoms with E-state index in [1.165, 1.54) is 5.69 Å². The summed E-state index contributed by atoms with van der Waals surface area (Å²) in [4.78, 5) is 68.3. The number of hydrogen-bond acceptors (Lipinski definition) is 11. The fourth-order valence-electron chi connectivity index (χ4n) is 10.4. The van der Waals surface area contributed by atoms with E-state index in [1.54, 1.807) is 11.2 Å². The van der Waals surface area contributed by atoms with Gasteiger partial charge in [0.1, 0.15) is 17.8 Å². The number of carbonyl (C=O) groups is 3. The highest BCUT2D eigenvalue weighted by Crippen LogP contribution is 2.37. The third kappa shape index (κ3) is 8.80. The number of aromatic amines is 1. The highest BCUT2D eigenvalue weighted by molar-refractivity contribution is 6.05. The maximum absolute atomic E-state index is 13.0. The fraction of sp³-hybridized carbons (Fsp3) is 0.469. The van der Waals surface area contributed by atoms with Crippen molar-refractivity contribution in [1.29, 1.82) is 0 Å². The molecule has 3 aromatic heterocycles. The second kappa shape index (κ2) is 17.9. The van der Waals surface area contributed by atoms with Gasteiger partial charge in [0.15, 0.2) is 0 Å². The third-order valence-corrected chi connectivity index (χ3v) is 13.8. The van der Waals surface area contributed by atoms with Crippen molar-refractivity contribution in [2.75, 3.05) is 93.3 Å². The predicted octanol–water partition coefficient (Wildman–Crippen LogP) is 5.68. The Hall–Kier alpha value is -5.90. The molecule has 1 unspecified atom stereocenters. The molecule has 334 valence electrons. The zero-order valence-corrected chi connectivity index (χ0v) is 37.3. The van der Waals surface area contributed by atoms with Crippen LogP contribution < -0.4 is 20.0 Å². The van der Waals surface area contributed by atoms with Gasteiger partial charge in [0.2, 0.25) is 11.8 Å². The number of benzene rings is 2. The lowest BCUT2D eigenvalue weighted by Gasteiger charge is -2.43. The number of fused-ring (bicyclic) bond motifs is 4. The number of carbonyl (C=O) groups excluding carboxylic acids is 3. The van der Waals surface area contributed by atoms with Crippen molar-refractivity contribution in [3.05, 3.63) is 83.8 Å². The Kier molecular flexibility index (Phi) is 11.8. The molecule has 5 aliphatic rings. The summed E-state index contributed by atoms with van der Waals surface area (Å²) in [5, 5.41) is 3.39. The van der Waals surface area contributed by atoms with Crippen LogP contribution in [0, 0.1) is 18.8 Å². The summed E-state index contributed by atoms with van der Waals surface area (Å²) in [6.07, 6.45) is 6.10. The number of amides is 4. The maximum atomic E-state index is 13.0. The Balaban J connectivity index is 0.729. The standard InChI is InChI=1S/C49H59N11O4/c1-32(2)25-56-16-19-58(46(62)28-56)27-37-5-4-35(20-33(37)3)47-41-23-42(53-48(41)52-31-51-47)36-6-9-44(50-24-36)57-17-14-55(15-18-57)26-34-10-12-59-40(21-34)30-64-29-38-22-39(7-8-43(38)59)60-13-11-45(61)54-49(60)63/h4-9,20,22-24,31-32,34,40H,10-19,21,25-30H2,1-3H3,(H,51,52,53)(H,54,61,63)/t34?,40-/m1/s1. The number of anilines is 3. The van der Waals surface area contributed by atoms with E-state index in [9.17, 15) is 14.4 Å². The first kappa shape index (κ1) is 42.1. The summed E-state index contributed by atoms with van der Waals surface area (Å²) >= 11 is 0. The highest BCUT2D eigenvalue weighted by atomic mass is 16.5. The molecular weight excluding hydrogens is 807 g/mol. The molecule has 5 aliphatic heterocycles. The Morgan fingerprint density at radius 1 is 0.859 bits per heavy atom. The van der Waals surface area contributed by atoms with Gasteiger partial charge in [0.25, 0.3) is 0 Å². The third-order valence-electron chi connectivity index (χ3n) is 13.8. The number of aryl methyl sites for hydroxylation is 1. The number of hydrogen-bond donors (Lipinski definition) is 2. The molecule has 2 aromatic carbocycles. The fourth-order valence-corrected chi connectivity index (χ4v) is 10.4. The number of pyridine rings is 1. The van der Waals surface area contributed by atoms with Crippen LogP contribution in [-0.2, 0) is 27.5 Å². The molecule has 4 amide bonds. The molecular formula is C49H59N11O4. The number of ether oxygens (including phenoxy) is 1. The van der Waals surface area contributed by atoms with Crippen molar-refractivity contribution >= 4 is 46.1 Å². The van der Waals surface area contributed by atoms with Crippen LogP contribution in [0.2, 0.25) is 0 Å². The van der Waals surface area contributed by atoms with Crippen LogP contribution in [0.1, 0.15) is 49.8 Å². The van der Waals surface area contributed by atoms with Crippen LogP contribution in [0.25, 0.3) is 33.5 Å². The van der Waals surface area contributed by atoms with Gasteiger partial charge in [-0.1, -0.05) is 26.0 Å². The predicted molar refractivity (Wildman–Crippen MR) is 248 cm³/mol. The average Bonchev–Trinajstić information content (AvgIpc) is 3.65. The molecule has 0 radical (unpaired) electrons. The lowest BCUT2D eigenvalue weighted by molar-refractivity contribution is -0.136. The van der Waals surface area contributed by atoms with Crippen molar-refractivity contribution in [3.8, 4) is 22.5 Å². The first-order chi connectivity index (χ1) is 31.1. The highest BCUT2D eigenvalue weighted by Gasteiger charge is 2.34. The summed E-state index contributed by atoms with van der Waals surface area (Å²) in [5.41, 5.74) is 10.0. The second-order valence-corrected chi connectivity index (χ2v) is 18.8. The van der Waals surface area contributed by atoms with E-state index in [1.807, 2.05) is 17.2 Å². The molecule has 4 saturated heterocycles. The Morgan fingerprint density at radius 2 is 1.70 bits per heavy atom. The van der Waals surface area contributed by atoms with Crippen LogP contribution in [0.3, 0.4) is 0 Å². The van der Waals surface area contributed by atoms with Crippen molar-refractivity contribution in [2.45, 2.75) is 59.2 Å². The minimum atomic E-state index is -0.362. The number of piperazine rings is 2. The van der Waals surface area contributed by atoms with E-state index in [4.69, 9.17) is 14.7 Å². The topological polar surface area (TPSA) is 146 Å². The Labute approximate surface area is 374 Å². The van der Waals surface area contributed by atoms with E-state index < -0.39 is 0 Å². The summed E-state index contributed by atoms with van der Waals surface area (Å²) in [6.45, 7) is 17.8. The first-order valence-electron chi connectivity index (χ1n) is 23.1. The molecule has 0 saturated carbocycles. The summed E-state index contributed by atoms with van der Waals surface area (Å²) in [6, 6.07) is 19.0. The number of piperidine rings is 1. The number of aromatic nitrogens is 4. The molecule has 5 aromatic rings. The Bertz CT molecular complexity index is 2530. The van der Waals surface area contributed by atoms with E-state index >= 15 is 0 Å². The van der Waals surface area contributed by atoms with Crippen LogP contribution >= 0.6 is 0 Å². The first-order valence-corrected chi connectivity index (χ1v) is 23.1. The lowest BCUT2D eigenvalue weighted by Crippen LogP contribution is -2.51. The molecule has 10 rings (SSSR count). The molecule has 2 N–H and O–H groups in total. The number of nitrogens with zero attached hydrogens (tertiary/aromatic N) is 9. The molecule has 0 aliphatic carbocycles. The van der Waals surface area contributed by atoms with Gasteiger partial charge in [0.05, 0.1) is 31.5 Å². The zero-order chi connectivity index (χ0) is 43.9. The lowest BCUT2D eigenvalue weighted by atomic mass is 9.89. The number of H-pyrrole nitrogens is 1. The molecule has 8 heterocycles. The van der Waals surface area contributed by atoms with Gasteiger partial charge in [-0.3, -0.25) is 29.6 Å². The van der Waals surface area contributed by atoms with E-state index in [0.29, 0.717) is 57.1 Å². The van der Waals surface area contributed by atoms with E-state index in [0.717, 1.165) is 133 Å². The number of urea groups is 1. The molecule has 0 bridgehead atoms. The molecule has 15 heteroatoms. The quantitative estimate of drug-likeness (QED) is 0.179. The van der Waals surface area contributed by atoms with Gasteiger partial charge in [0, 0.05) is 124 Å². The summed E-state index contributed by atoms with van der Waals surface area (Å²) in [7, 11) is 0. The van der Waals surface area contributed by atoms with Crippen LogP contribution in [0.15, 0.2) is 67.1 Å². The van der Waals surface area contributed by atoms with E-state index in [-0.39, 0.29) is 17.8 Å². The minimum Gasteiger partial charge on any atom is -0.375 e. The number of nitrogens with one attached hydrogen (secondary N) is 2. The summed E-state index contributed by atoms with van der Waals surface area (Å²) in [5.74, 6) is 2.12. The molecule has 15 nitrogen and oxygen atoms in total. The second-order valence-electron chi connectivity index (χ2n) is 18.8. The van der Waals surface area contributed by atoms with Gasteiger partial charge in [-0.2, -0.15) is 0 Å². The smallest absolute Gasteiger partial charge is 0.328 e. The van der Waals surface area contributed by atoms with Crippen LogP contribution in [-0.4, -0.2) is 137 Å². The maximum Gasteiger partial charge on any atom is 0.328 e. The van der Waals surface area contributed by atoms with Crippen molar-refractivity contribution in [1.82, 2.24) is 40.0 Å². The van der Waals surface area contributed by atoms with E-state index in [2.05, 4.69) is 104 Å². The molecule has 2 atom stereocenters. The van der Waals surface area contributed by atoms with Gasteiger partial charge < -0.3 is 24.4 Å². The van der Waals surface area contributed by atoms with Gasteiger partial charge in [-0.05, 0) is 85.2 Å².